The van der Waals surface area contributed by atoms with E-state index in [0.717, 1.165) is 104 Å². The Labute approximate surface area is 471 Å². The molecule has 0 aromatic heterocycles. The molecule has 2 heterocycles. The number of nitrogens with zero attached hydrogens (tertiary/aromatic N) is 2. The molecule has 6 heteroatoms. The fourth-order valence-electron chi connectivity index (χ4n) is 12.7. The van der Waals surface area contributed by atoms with Crippen LogP contribution in [0.15, 0.2) is 133 Å². The average Bonchev–Trinajstić information content (AvgIpc) is 3.43. The Bertz CT molecular complexity index is 2510. The highest BCUT2D eigenvalue weighted by Crippen LogP contribution is 2.47. The van der Waals surface area contributed by atoms with Gasteiger partial charge in [0.1, 0.15) is 0 Å². The summed E-state index contributed by atoms with van der Waals surface area (Å²) in [6.07, 6.45) is 22.9. The Morgan fingerprint density at radius 2 is 0.718 bits per heavy atom. The van der Waals surface area contributed by atoms with Gasteiger partial charge in [-0.1, -0.05) is 132 Å². The molecule has 3 aliphatic rings. The van der Waals surface area contributed by atoms with Crippen LogP contribution in [0.25, 0.3) is 0 Å². The molecule has 78 heavy (non-hydrogen) atoms. The highest BCUT2D eigenvalue weighted by atomic mass is 16.5. The van der Waals surface area contributed by atoms with Crippen LogP contribution in [0, 0.1) is 38.5 Å². The van der Waals surface area contributed by atoms with Gasteiger partial charge in [0, 0.05) is 63.6 Å². The van der Waals surface area contributed by atoms with Crippen molar-refractivity contribution < 1.29 is 18.9 Å². The highest BCUT2D eigenvalue weighted by Gasteiger charge is 2.38. The zero-order valence-corrected chi connectivity index (χ0v) is 48.8. The lowest BCUT2D eigenvalue weighted by Gasteiger charge is -2.40. The van der Waals surface area contributed by atoms with E-state index in [1.807, 2.05) is 0 Å². The molecule has 3 fully saturated rings. The zero-order valence-electron chi connectivity index (χ0n) is 48.8. The maximum atomic E-state index is 6.05. The van der Waals surface area contributed by atoms with Gasteiger partial charge in [-0.2, -0.15) is 0 Å². The van der Waals surface area contributed by atoms with Gasteiger partial charge in [-0.05, 0) is 209 Å². The molecule has 0 N–H and O–H groups in total. The van der Waals surface area contributed by atoms with Crippen molar-refractivity contribution in [1.29, 1.82) is 0 Å². The summed E-state index contributed by atoms with van der Waals surface area (Å²) in [5, 5.41) is 0. The fourth-order valence-corrected chi connectivity index (χ4v) is 12.7. The second-order valence-corrected chi connectivity index (χ2v) is 24.3. The minimum Gasteiger partial charge on any atom is -0.381 e. The molecule has 6 nitrogen and oxygen atoms in total. The van der Waals surface area contributed by atoms with E-state index in [9.17, 15) is 0 Å². The molecule has 0 amide bonds. The summed E-state index contributed by atoms with van der Waals surface area (Å²) in [6.45, 7) is 20.3. The summed E-state index contributed by atoms with van der Waals surface area (Å²) in [5.41, 5.74) is 18.5. The molecule has 1 aliphatic carbocycles. The Morgan fingerprint density at radius 3 is 1.05 bits per heavy atom. The van der Waals surface area contributed by atoms with Crippen LogP contribution in [0.3, 0.4) is 0 Å². The highest BCUT2D eigenvalue weighted by molar-refractivity contribution is 5.79. The van der Waals surface area contributed by atoms with Crippen molar-refractivity contribution in [1.82, 2.24) is 0 Å². The Morgan fingerprint density at radius 1 is 0.385 bits per heavy atom. The average molecular weight is 1050 g/mol. The molecule has 0 atom stereocenters. The SMILES string of the molecule is CCC1(COCCCCCCCc2ccc(N(c3ccc(C4(c5ccc(N(c6ccc(CCCCCCCOCC7(CC)COC7)cc6)c6cc(C)cc(C)c6)cc5)CCCCC4)cc3)c3cc(C)cc(C)c3)cc2)COC1. The molecule has 6 aromatic carbocycles. The summed E-state index contributed by atoms with van der Waals surface area (Å²) in [6, 6.07) is 52.0. The summed E-state index contributed by atoms with van der Waals surface area (Å²) in [5.74, 6) is 0. The molecule has 0 radical (unpaired) electrons. The molecule has 2 saturated heterocycles. The lowest BCUT2D eigenvalue weighted by molar-refractivity contribution is -0.150. The monoisotopic (exact) mass is 1050 g/mol. The smallest absolute Gasteiger partial charge is 0.0566 e. The normalized spacial score (nSPS) is 16.3. The van der Waals surface area contributed by atoms with E-state index < -0.39 is 0 Å². The van der Waals surface area contributed by atoms with E-state index in [2.05, 4.69) is 185 Å². The van der Waals surface area contributed by atoms with E-state index >= 15 is 0 Å². The summed E-state index contributed by atoms with van der Waals surface area (Å²) in [4.78, 5) is 4.92. The van der Waals surface area contributed by atoms with Gasteiger partial charge in [0.25, 0.3) is 0 Å². The maximum absolute atomic E-state index is 6.05. The zero-order chi connectivity index (χ0) is 54.2. The quantitative estimate of drug-likeness (QED) is 0.0419. The first-order valence-electron chi connectivity index (χ1n) is 30.6. The van der Waals surface area contributed by atoms with Crippen LogP contribution in [0.5, 0.6) is 0 Å². The Kier molecular flexibility index (Phi) is 20.4. The van der Waals surface area contributed by atoms with Crippen LogP contribution in [-0.2, 0) is 37.2 Å². The molecule has 1 saturated carbocycles. The third-order valence-electron chi connectivity index (χ3n) is 17.8. The van der Waals surface area contributed by atoms with E-state index in [4.69, 9.17) is 18.9 Å². The predicted octanol–water partition coefficient (Wildman–Crippen LogP) is 19.0. The first-order valence-corrected chi connectivity index (χ1v) is 30.6. The molecule has 0 bridgehead atoms. The Hall–Kier alpha value is -5.24. The van der Waals surface area contributed by atoms with Crippen molar-refractivity contribution in [3.8, 4) is 0 Å². The van der Waals surface area contributed by atoms with Gasteiger partial charge in [0.2, 0.25) is 0 Å². The molecular weight excluding hydrogens is 957 g/mol. The summed E-state index contributed by atoms with van der Waals surface area (Å²) >= 11 is 0. The van der Waals surface area contributed by atoms with Crippen molar-refractivity contribution in [2.75, 3.05) is 62.7 Å². The van der Waals surface area contributed by atoms with Gasteiger partial charge < -0.3 is 28.7 Å². The van der Waals surface area contributed by atoms with Crippen LogP contribution in [0.4, 0.5) is 34.1 Å². The van der Waals surface area contributed by atoms with Gasteiger partial charge in [-0.15, -0.1) is 0 Å². The first kappa shape index (κ1) is 57.4. The summed E-state index contributed by atoms with van der Waals surface area (Å²) in [7, 11) is 0. The van der Waals surface area contributed by atoms with Crippen LogP contribution >= 0.6 is 0 Å². The minimum absolute atomic E-state index is 0.0391. The number of benzene rings is 6. The standard InChI is InChI=1S/C72H94N2O4/c1-7-70(52-77-53-70)50-75-42-20-13-9-11-16-22-60-24-32-64(33-25-60)73(68-46-56(3)44-57(4)47-68)66-36-28-62(29-37-66)72(40-18-15-19-41-72)63-30-38-67(39-31-63)74(69-48-58(5)45-59(6)49-69)65-34-26-61(27-35-65)23-17-12-10-14-21-43-76-51-71(8-2)54-78-55-71/h24-39,44-49H,7-23,40-43,50-55H2,1-6H3. The van der Waals surface area contributed by atoms with Gasteiger partial charge in [0.05, 0.1) is 39.6 Å². The second-order valence-electron chi connectivity index (χ2n) is 24.3. The molecule has 416 valence electrons. The molecule has 0 unspecified atom stereocenters. The van der Waals surface area contributed by atoms with Crippen LogP contribution < -0.4 is 9.80 Å². The maximum Gasteiger partial charge on any atom is 0.0566 e. The van der Waals surface area contributed by atoms with E-state index in [-0.39, 0.29) is 16.2 Å². The largest absolute Gasteiger partial charge is 0.381 e. The third-order valence-corrected chi connectivity index (χ3v) is 17.8. The number of rotatable bonds is 30. The van der Waals surface area contributed by atoms with Gasteiger partial charge in [0.15, 0.2) is 0 Å². The molecule has 2 aliphatic heterocycles. The number of unbranched alkanes of at least 4 members (excludes halogenated alkanes) is 8. The van der Waals surface area contributed by atoms with E-state index in [0.29, 0.717) is 0 Å². The van der Waals surface area contributed by atoms with Crippen molar-refractivity contribution in [3.05, 3.63) is 178 Å². The molecular formula is C72H94N2O4. The first-order chi connectivity index (χ1) is 38.1. The third kappa shape index (κ3) is 14.8. The number of hydrogen-bond donors (Lipinski definition) is 0. The number of ether oxygens (including phenoxy) is 4. The van der Waals surface area contributed by atoms with Gasteiger partial charge >= 0.3 is 0 Å². The van der Waals surface area contributed by atoms with E-state index in [1.54, 1.807) is 0 Å². The van der Waals surface area contributed by atoms with Gasteiger partial charge in [-0.3, -0.25) is 0 Å². The summed E-state index contributed by atoms with van der Waals surface area (Å²) < 4.78 is 23.0. The predicted molar refractivity (Wildman–Crippen MR) is 327 cm³/mol. The van der Waals surface area contributed by atoms with Crippen LogP contribution in [-0.4, -0.2) is 52.9 Å². The van der Waals surface area contributed by atoms with Crippen molar-refractivity contribution in [3.63, 3.8) is 0 Å². The number of anilines is 6. The fraction of sp³-hybridized carbons (Fsp3) is 0.500. The van der Waals surface area contributed by atoms with Crippen LogP contribution in [0.2, 0.25) is 0 Å². The minimum atomic E-state index is -0.0391. The topological polar surface area (TPSA) is 43.4 Å². The molecule has 6 aromatic rings. The number of hydrogen-bond acceptors (Lipinski definition) is 6. The van der Waals surface area contributed by atoms with Crippen molar-refractivity contribution >= 4 is 34.1 Å². The Balaban J connectivity index is 0.853. The lowest BCUT2D eigenvalue weighted by atomic mass is 9.65. The lowest BCUT2D eigenvalue weighted by Crippen LogP contribution is -2.45. The van der Waals surface area contributed by atoms with Crippen molar-refractivity contribution in [2.24, 2.45) is 10.8 Å². The molecule has 0 spiro atoms. The van der Waals surface area contributed by atoms with Gasteiger partial charge in [-0.25, -0.2) is 0 Å². The number of aryl methyl sites for hydroxylation is 6. The van der Waals surface area contributed by atoms with E-state index in [1.165, 1.54) is 149 Å². The van der Waals surface area contributed by atoms with Crippen LogP contribution in [0.1, 0.15) is 168 Å². The second kappa shape index (κ2) is 27.8. The van der Waals surface area contributed by atoms with Crippen molar-refractivity contribution in [2.45, 2.75) is 169 Å². The molecule has 9 rings (SSSR count).